The highest BCUT2D eigenvalue weighted by molar-refractivity contribution is 6.04. The van der Waals surface area contributed by atoms with Gasteiger partial charge in [0.25, 0.3) is 0 Å². The molecule has 0 fully saturated rings. The van der Waals surface area contributed by atoms with Crippen molar-refractivity contribution >= 4 is 11.8 Å². The largest absolute Gasteiger partial charge is 0.497 e. The van der Waals surface area contributed by atoms with E-state index >= 15 is 0 Å². The Morgan fingerprint density at radius 1 is 0.872 bits per heavy atom. The van der Waals surface area contributed by atoms with Gasteiger partial charge < -0.3 is 33.7 Å². The third-order valence-electron chi connectivity index (χ3n) is 7.19. The van der Waals surface area contributed by atoms with E-state index < -0.39 is 11.9 Å². The van der Waals surface area contributed by atoms with Crippen molar-refractivity contribution in [2.45, 2.75) is 31.6 Å². The van der Waals surface area contributed by atoms with Crippen molar-refractivity contribution in [1.82, 2.24) is 5.32 Å². The Morgan fingerprint density at radius 2 is 1.59 bits per heavy atom. The van der Waals surface area contributed by atoms with Crippen LogP contribution in [-0.4, -0.2) is 60.5 Å². The molecule has 4 rings (SSSR count). The van der Waals surface area contributed by atoms with Gasteiger partial charge in [0.2, 0.25) is 0 Å². The predicted molar refractivity (Wildman–Crippen MR) is 145 cm³/mol. The van der Waals surface area contributed by atoms with Crippen LogP contribution in [0, 0.1) is 0 Å². The molecule has 0 amide bonds. The highest BCUT2D eigenvalue weighted by Gasteiger charge is 2.42. The smallest absolute Gasteiger partial charge is 0.336 e. The van der Waals surface area contributed by atoms with Crippen molar-refractivity contribution in [2.24, 2.45) is 0 Å². The zero-order valence-electron chi connectivity index (χ0n) is 23.2. The number of hydrogen-bond donors (Lipinski definition) is 1. The number of methoxy groups -OCH3 is 5. The molecule has 1 aliphatic heterocycles. The van der Waals surface area contributed by atoms with E-state index in [4.69, 9.17) is 28.4 Å². The van der Waals surface area contributed by atoms with E-state index in [0.717, 1.165) is 11.3 Å². The van der Waals surface area contributed by atoms with Gasteiger partial charge in [0.15, 0.2) is 17.3 Å². The average molecular weight is 538 g/mol. The molecule has 39 heavy (non-hydrogen) atoms. The SMILES string of the molecule is COCCOC(=O)C1=C(C)NC2=C(C(=O)C[C@@H](c3ccc(OC)c(OC)c3)C2)[C@H]1c1cc(OC)ccc1OC. The third-order valence-corrected chi connectivity index (χ3v) is 7.19. The molecule has 2 aromatic carbocycles. The number of carbonyl (C=O) groups is 2. The lowest BCUT2D eigenvalue weighted by atomic mass is 9.71. The maximum Gasteiger partial charge on any atom is 0.336 e. The number of nitrogens with one attached hydrogen (secondary N) is 1. The summed E-state index contributed by atoms with van der Waals surface area (Å²) < 4.78 is 32.6. The lowest BCUT2D eigenvalue weighted by molar-refractivity contribution is -0.140. The van der Waals surface area contributed by atoms with Crippen molar-refractivity contribution < 1.29 is 38.0 Å². The van der Waals surface area contributed by atoms with Gasteiger partial charge in [-0.25, -0.2) is 4.79 Å². The summed E-state index contributed by atoms with van der Waals surface area (Å²) in [6.45, 7) is 2.18. The summed E-state index contributed by atoms with van der Waals surface area (Å²) in [4.78, 5) is 27.4. The number of esters is 1. The highest BCUT2D eigenvalue weighted by Crippen LogP contribution is 2.49. The number of rotatable bonds is 10. The van der Waals surface area contributed by atoms with Crippen molar-refractivity contribution in [2.75, 3.05) is 48.8 Å². The van der Waals surface area contributed by atoms with Crippen LogP contribution in [0.1, 0.15) is 42.7 Å². The molecule has 0 aromatic heterocycles. The van der Waals surface area contributed by atoms with Gasteiger partial charge in [-0.3, -0.25) is 4.79 Å². The Labute approximate surface area is 228 Å². The molecule has 0 saturated carbocycles. The van der Waals surface area contributed by atoms with E-state index in [1.807, 2.05) is 31.2 Å². The Hall–Kier alpha value is -3.98. The van der Waals surface area contributed by atoms with Gasteiger partial charge in [0, 0.05) is 36.1 Å². The fraction of sp³-hybridized carbons (Fsp3) is 0.400. The minimum Gasteiger partial charge on any atom is -0.497 e. The van der Waals surface area contributed by atoms with Gasteiger partial charge in [-0.2, -0.15) is 0 Å². The van der Waals surface area contributed by atoms with E-state index in [9.17, 15) is 9.59 Å². The summed E-state index contributed by atoms with van der Waals surface area (Å²) in [6.07, 6.45) is 0.840. The molecule has 208 valence electrons. The third kappa shape index (κ3) is 5.59. The number of hydrogen-bond acceptors (Lipinski definition) is 9. The number of ether oxygens (including phenoxy) is 6. The first kappa shape index (κ1) is 28.0. The summed E-state index contributed by atoms with van der Waals surface area (Å²) in [7, 11) is 7.84. The van der Waals surface area contributed by atoms with Crippen LogP contribution in [0.3, 0.4) is 0 Å². The molecule has 2 aliphatic rings. The molecule has 0 unspecified atom stereocenters. The maximum atomic E-state index is 13.9. The first-order valence-electron chi connectivity index (χ1n) is 12.7. The molecule has 9 nitrogen and oxygen atoms in total. The Bertz CT molecular complexity index is 1310. The Balaban J connectivity index is 1.81. The molecular weight excluding hydrogens is 502 g/mol. The second kappa shape index (κ2) is 12.3. The molecule has 0 saturated heterocycles. The summed E-state index contributed by atoms with van der Waals surface area (Å²) in [5, 5.41) is 3.37. The molecule has 1 aliphatic carbocycles. The van der Waals surface area contributed by atoms with E-state index in [2.05, 4.69) is 5.32 Å². The van der Waals surface area contributed by atoms with E-state index in [0.29, 0.717) is 51.8 Å². The number of ketones is 1. The topological polar surface area (TPSA) is 102 Å². The van der Waals surface area contributed by atoms with Crippen LogP contribution in [-0.2, 0) is 19.1 Å². The predicted octanol–water partition coefficient (Wildman–Crippen LogP) is 4.27. The van der Waals surface area contributed by atoms with Crippen LogP contribution in [0.2, 0.25) is 0 Å². The van der Waals surface area contributed by atoms with Gasteiger partial charge >= 0.3 is 5.97 Å². The number of carbonyl (C=O) groups excluding carboxylic acids is 2. The number of Topliss-reactive ketones (excluding diaryl/α,β-unsaturated/α-hetero) is 1. The van der Waals surface area contributed by atoms with Gasteiger partial charge in [-0.1, -0.05) is 6.07 Å². The van der Waals surface area contributed by atoms with Gasteiger partial charge in [0.1, 0.15) is 18.1 Å². The monoisotopic (exact) mass is 537 g/mol. The van der Waals surface area contributed by atoms with Crippen molar-refractivity contribution in [3.8, 4) is 23.0 Å². The standard InChI is InChI=1S/C30H35NO8/c1-17-27(30(33)39-12-11-34-2)28(21-16-20(35-3)8-10-24(21)36-4)29-22(31-17)13-19(14-23(29)32)18-7-9-25(37-5)26(15-18)38-6/h7-10,15-16,19,28,31H,11-14H2,1-6H3/t19-,28-/m0/s1. The van der Waals surface area contributed by atoms with Gasteiger partial charge in [-0.15, -0.1) is 0 Å². The molecule has 0 bridgehead atoms. The zero-order chi connectivity index (χ0) is 28.1. The fourth-order valence-corrected chi connectivity index (χ4v) is 5.32. The van der Waals surface area contributed by atoms with Gasteiger partial charge in [-0.05, 0) is 55.2 Å². The Kier molecular flexibility index (Phi) is 8.81. The lowest BCUT2D eigenvalue weighted by Gasteiger charge is -2.37. The second-order valence-corrected chi connectivity index (χ2v) is 9.37. The molecule has 0 radical (unpaired) electrons. The van der Waals surface area contributed by atoms with Crippen molar-refractivity contribution in [1.29, 1.82) is 0 Å². The molecule has 1 N–H and O–H groups in total. The van der Waals surface area contributed by atoms with E-state index in [1.165, 1.54) is 7.11 Å². The number of dihydropyridines is 1. The minimum atomic E-state index is -0.694. The first-order valence-corrected chi connectivity index (χ1v) is 12.7. The summed E-state index contributed by atoms with van der Waals surface area (Å²) in [5.74, 6) is 0.998. The van der Waals surface area contributed by atoms with Crippen molar-refractivity contribution in [3.05, 3.63) is 70.1 Å². The van der Waals surface area contributed by atoms with E-state index in [-0.39, 0.29) is 31.3 Å². The van der Waals surface area contributed by atoms with Crippen LogP contribution in [0.25, 0.3) is 0 Å². The Morgan fingerprint density at radius 3 is 2.26 bits per heavy atom. The number of benzene rings is 2. The lowest BCUT2D eigenvalue weighted by Crippen LogP contribution is -2.36. The molecule has 2 atom stereocenters. The van der Waals surface area contributed by atoms with Crippen LogP contribution in [0.15, 0.2) is 58.9 Å². The summed E-state index contributed by atoms with van der Waals surface area (Å²) in [5.41, 5.74) is 3.90. The van der Waals surface area contributed by atoms with Crippen molar-refractivity contribution in [3.63, 3.8) is 0 Å². The van der Waals surface area contributed by atoms with Crippen LogP contribution < -0.4 is 24.3 Å². The first-order chi connectivity index (χ1) is 18.9. The summed E-state index contributed by atoms with van der Waals surface area (Å²) in [6, 6.07) is 11.1. The molecule has 2 aromatic rings. The summed E-state index contributed by atoms with van der Waals surface area (Å²) >= 11 is 0. The number of allylic oxidation sites excluding steroid dienone is 3. The maximum absolute atomic E-state index is 13.9. The average Bonchev–Trinajstić information content (AvgIpc) is 2.95. The second-order valence-electron chi connectivity index (χ2n) is 9.37. The molecule has 0 spiro atoms. The van der Waals surface area contributed by atoms with Crippen LogP contribution in [0.5, 0.6) is 23.0 Å². The van der Waals surface area contributed by atoms with E-state index in [1.54, 1.807) is 40.6 Å². The highest BCUT2D eigenvalue weighted by atomic mass is 16.6. The minimum absolute atomic E-state index is 0.0619. The molecule has 1 heterocycles. The quantitative estimate of drug-likeness (QED) is 0.352. The normalized spacial score (nSPS) is 18.8. The van der Waals surface area contributed by atoms with Crippen LogP contribution >= 0.6 is 0 Å². The zero-order valence-corrected chi connectivity index (χ0v) is 23.2. The van der Waals surface area contributed by atoms with Crippen LogP contribution in [0.4, 0.5) is 0 Å². The van der Waals surface area contributed by atoms with Gasteiger partial charge in [0.05, 0.1) is 46.5 Å². The fourth-order valence-electron chi connectivity index (χ4n) is 5.32. The molecular formula is C30H35NO8. The molecule has 9 heteroatoms.